The zero-order valence-corrected chi connectivity index (χ0v) is 11.7. The average molecular weight is 274 g/mol. The van der Waals surface area contributed by atoms with Gasteiger partial charge in [0.25, 0.3) is 0 Å². The van der Waals surface area contributed by atoms with Crippen LogP contribution in [0.3, 0.4) is 0 Å². The van der Waals surface area contributed by atoms with Crippen molar-refractivity contribution in [2.75, 3.05) is 6.54 Å². The summed E-state index contributed by atoms with van der Waals surface area (Å²) in [4.78, 5) is 9.42. The second-order valence-corrected chi connectivity index (χ2v) is 5.15. The van der Waals surface area contributed by atoms with Crippen molar-refractivity contribution < 1.29 is 0 Å². The minimum Gasteiger partial charge on any atom is -0.311 e. The Bertz CT molecular complexity index is 593. The molecule has 0 saturated carbocycles. The number of rotatable bonds is 2. The van der Waals surface area contributed by atoms with E-state index in [0.717, 1.165) is 48.0 Å². The van der Waals surface area contributed by atoms with Crippen LogP contribution in [0.4, 0.5) is 0 Å². The van der Waals surface area contributed by atoms with Crippen molar-refractivity contribution in [3.63, 3.8) is 0 Å². The summed E-state index contributed by atoms with van der Waals surface area (Å²) >= 11 is 6.04. The second kappa shape index (κ2) is 5.27. The first kappa shape index (κ1) is 12.6. The van der Waals surface area contributed by atoms with Crippen LogP contribution in [-0.4, -0.2) is 16.5 Å². The highest BCUT2D eigenvalue weighted by molar-refractivity contribution is 6.30. The summed E-state index contributed by atoms with van der Waals surface area (Å²) in [6.07, 6.45) is 1.97. The normalized spacial score (nSPS) is 14.2. The van der Waals surface area contributed by atoms with Crippen LogP contribution >= 0.6 is 11.6 Å². The van der Waals surface area contributed by atoms with Gasteiger partial charge in [0, 0.05) is 22.8 Å². The Morgan fingerprint density at radius 1 is 1.32 bits per heavy atom. The van der Waals surface area contributed by atoms with E-state index < -0.39 is 0 Å². The first-order chi connectivity index (χ1) is 9.28. The molecule has 0 spiro atoms. The number of aromatic nitrogens is 2. The number of aryl methyl sites for hydroxylation is 1. The average Bonchev–Trinajstić information content (AvgIpc) is 2.46. The van der Waals surface area contributed by atoms with Crippen LogP contribution in [0.1, 0.15) is 23.9 Å². The standard InChI is InChI=1S/C15H16ClN3/c1-2-13-12-6-7-17-9-14(12)19-15(18-13)10-4-3-5-11(16)8-10/h3-5,8,17H,2,6-7,9H2,1H3. The molecule has 1 aromatic carbocycles. The summed E-state index contributed by atoms with van der Waals surface area (Å²) in [6, 6.07) is 7.72. The lowest BCUT2D eigenvalue weighted by Gasteiger charge is -2.19. The quantitative estimate of drug-likeness (QED) is 0.914. The molecule has 0 unspecified atom stereocenters. The largest absolute Gasteiger partial charge is 0.311 e. The highest BCUT2D eigenvalue weighted by Crippen LogP contribution is 2.23. The number of benzene rings is 1. The number of halogens is 1. The van der Waals surface area contributed by atoms with Crippen molar-refractivity contribution in [1.29, 1.82) is 0 Å². The van der Waals surface area contributed by atoms with Gasteiger partial charge in [0.05, 0.1) is 5.69 Å². The molecule has 19 heavy (non-hydrogen) atoms. The van der Waals surface area contributed by atoms with Gasteiger partial charge in [0.1, 0.15) is 0 Å². The van der Waals surface area contributed by atoms with E-state index in [1.54, 1.807) is 0 Å². The zero-order chi connectivity index (χ0) is 13.2. The van der Waals surface area contributed by atoms with Crippen LogP contribution in [0, 0.1) is 0 Å². The van der Waals surface area contributed by atoms with Crippen molar-refractivity contribution in [2.24, 2.45) is 0 Å². The molecule has 2 aromatic rings. The lowest BCUT2D eigenvalue weighted by atomic mass is 10.0. The van der Waals surface area contributed by atoms with Crippen LogP contribution in [0.2, 0.25) is 5.02 Å². The van der Waals surface area contributed by atoms with Crippen molar-refractivity contribution in [3.8, 4) is 11.4 Å². The number of hydrogen-bond acceptors (Lipinski definition) is 3. The summed E-state index contributed by atoms with van der Waals surface area (Å²) in [5.41, 5.74) is 4.61. The molecule has 1 aliphatic rings. The number of fused-ring (bicyclic) bond motifs is 1. The summed E-state index contributed by atoms with van der Waals surface area (Å²) in [6.45, 7) is 3.99. The van der Waals surface area contributed by atoms with E-state index >= 15 is 0 Å². The summed E-state index contributed by atoms with van der Waals surface area (Å²) in [7, 11) is 0. The third-order valence-corrected chi connectivity index (χ3v) is 3.68. The van der Waals surface area contributed by atoms with Gasteiger partial charge in [0.2, 0.25) is 0 Å². The van der Waals surface area contributed by atoms with E-state index in [1.165, 1.54) is 11.3 Å². The Hall–Kier alpha value is -1.45. The van der Waals surface area contributed by atoms with E-state index in [2.05, 4.69) is 12.2 Å². The minimum absolute atomic E-state index is 0.718. The van der Waals surface area contributed by atoms with Gasteiger partial charge in [-0.3, -0.25) is 0 Å². The monoisotopic (exact) mass is 273 g/mol. The molecule has 1 N–H and O–H groups in total. The molecule has 1 aliphatic heterocycles. The van der Waals surface area contributed by atoms with E-state index in [-0.39, 0.29) is 0 Å². The van der Waals surface area contributed by atoms with Gasteiger partial charge < -0.3 is 5.32 Å². The maximum atomic E-state index is 6.04. The van der Waals surface area contributed by atoms with Gasteiger partial charge >= 0.3 is 0 Å². The SMILES string of the molecule is CCc1nc(-c2cccc(Cl)c2)nc2c1CCNC2. The van der Waals surface area contributed by atoms with Crippen molar-refractivity contribution in [1.82, 2.24) is 15.3 Å². The Labute approximate surface area is 118 Å². The molecule has 3 nitrogen and oxygen atoms in total. The van der Waals surface area contributed by atoms with Gasteiger partial charge in [-0.25, -0.2) is 9.97 Å². The van der Waals surface area contributed by atoms with E-state index in [9.17, 15) is 0 Å². The Morgan fingerprint density at radius 3 is 3.00 bits per heavy atom. The van der Waals surface area contributed by atoms with Crippen LogP contribution in [0.5, 0.6) is 0 Å². The molecular formula is C15H16ClN3. The van der Waals surface area contributed by atoms with Crippen LogP contribution < -0.4 is 5.32 Å². The molecule has 4 heteroatoms. The molecule has 0 radical (unpaired) electrons. The highest BCUT2D eigenvalue weighted by Gasteiger charge is 2.17. The van der Waals surface area contributed by atoms with Gasteiger partial charge in [-0.05, 0) is 37.1 Å². The van der Waals surface area contributed by atoms with Gasteiger partial charge in [-0.1, -0.05) is 30.7 Å². The molecule has 0 fully saturated rings. The van der Waals surface area contributed by atoms with Gasteiger partial charge in [-0.2, -0.15) is 0 Å². The fourth-order valence-corrected chi connectivity index (χ4v) is 2.68. The predicted octanol–water partition coefficient (Wildman–Crippen LogP) is 3.01. The molecule has 0 saturated heterocycles. The van der Waals surface area contributed by atoms with Gasteiger partial charge in [0.15, 0.2) is 5.82 Å². The molecule has 1 aromatic heterocycles. The predicted molar refractivity (Wildman–Crippen MR) is 77.3 cm³/mol. The van der Waals surface area contributed by atoms with Crippen LogP contribution in [0.15, 0.2) is 24.3 Å². The summed E-state index contributed by atoms with van der Waals surface area (Å²) < 4.78 is 0. The summed E-state index contributed by atoms with van der Waals surface area (Å²) in [5, 5.41) is 4.08. The lowest BCUT2D eigenvalue weighted by Crippen LogP contribution is -2.26. The number of nitrogens with one attached hydrogen (secondary N) is 1. The fourth-order valence-electron chi connectivity index (χ4n) is 2.49. The topological polar surface area (TPSA) is 37.8 Å². The molecule has 2 heterocycles. The van der Waals surface area contributed by atoms with E-state index in [1.807, 2.05) is 24.3 Å². The maximum Gasteiger partial charge on any atom is 0.159 e. The molecule has 98 valence electrons. The van der Waals surface area contributed by atoms with E-state index in [4.69, 9.17) is 21.6 Å². The highest BCUT2D eigenvalue weighted by atomic mass is 35.5. The molecule has 0 atom stereocenters. The minimum atomic E-state index is 0.718. The van der Waals surface area contributed by atoms with Crippen molar-refractivity contribution in [2.45, 2.75) is 26.3 Å². The fraction of sp³-hybridized carbons (Fsp3) is 0.333. The van der Waals surface area contributed by atoms with Crippen molar-refractivity contribution in [3.05, 3.63) is 46.2 Å². The molecule has 0 bridgehead atoms. The summed E-state index contributed by atoms with van der Waals surface area (Å²) in [5.74, 6) is 0.779. The second-order valence-electron chi connectivity index (χ2n) is 4.71. The Morgan fingerprint density at radius 2 is 2.21 bits per heavy atom. The smallest absolute Gasteiger partial charge is 0.159 e. The number of nitrogens with zero attached hydrogens (tertiary/aromatic N) is 2. The molecular weight excluding hydrogens is 258 g/mol. The Balaban J connectivity index is 2.12. The molecule has 0 amide bonds. The lowest BCUT2D eigenvalue weighted by molar-refractivity contribution is 0.617. The molecule has 0 aliphatic carbocycles. The molecule has 3 rings (SSSR count). The number of hydrogen-bond donors (Lipinski definition) is 1. The van der Waals surface area contributed by atoms with Crippen LogP contribution in [0.25, 0.3) is 11.4 Å². The van der Waals surface area contributed by atoms with E-state index in [0.29, 0.717) is 0 Å². The Kier molecular flexibility index (Phi) is 3.49. The first-order valence-corrected chi connectivity index (χ1v) is 7.01. The first-order valence-electron chi connectivity index (χ1n) is 6.63. The third-order valence-electron chi connectivity index (χ3n) is 3.44. The van der Waals surface area contributed by atoms with Gasteiger partial charge in [-0.15, -0.1) is 0 Å². The third kappa shape index (κ3) is 2.48. The van der Waals surface area contributed by atoms with Crippen LogP contribution in [-0.2, 0) is 19.4 Å². The van der Waals surface area contributed by atoms with Crippen molar-refractivity contribution >= 4 is 11.6 Å². The zero-order valence-electron chi connectivity index (χ0n) is 10.9. The maximum absolute atomic E-state index is 6.04.